The van der Waals surface area contributed by atoms with E-state index < -0.39 is 0 Å². The third-order valence-electron chi connectivity index (χ3n) is 2.27. The molecule has 0 unspecified atom stereocenters. The summed E-state index contributed by atoms with van der Waals surface area (Å²) in [6.45, 7) is 0.766. The van der Waals surface area contributed by atoms with Crippen molar-refractivity contribution in [1.29, 1.82) is 0 Å². The Morgan fingerprint density at radius 1 is 1.62 bits per heavy atom. The summed E-state index contributed by atoms with van der Waals surface area (Å²) in [5.74, 6) is 0.535. The molecule has 0 atom stereocenters. The molecule has 0 amide bonds. The first-order valence-corrected chi connectivity index (χ1v) is 5.75. The van der Waals surface area contributed by atoms with E-state index in [9.17, 15) is 0 Å². The summed E-state index contributed by atoms with van der Waals surface area (Å²) in [6, 6.07) is 2.09. The van der Waals surface area contributed by atoms with Crippen LogP contribution in [0.4, 0.5) is 0 Å². The van der Waals surface area contributed by atoms with Crippen LogP contribution in [0.2, 0.25) is 0 Å². The van der Waals surface area contributed by atoms with Gasteiger partial charge in [-0.25, -0.2) is 4.98 Å². The lowest BCUT2D eigenvalue weighted by molar-refractivity contribution is 0.318. The van der Waals surface area contributed by atoms with E-state index in [1.807, 2.05) is 16.1 Å². The molecule has 84 valence electrons. The van der Waals surface area contributed by atoms with Crippen LogP contribution in [0.25, 0.3) is 0 Å². The number of thiophene rings is 1. The smallest absolute Gasteiger partial charge is 0.206 e. The summed E-state index contributed by atoms with van der Waals surface area (Å²) in [4.78, 5) is 4.04. The summed E-state index contributed by atoms with van der Waals surface area (Å²) >= 11 is 1.68. The summed E-state index contributed by atoms with van der Waals surface area (Å²) in [5, 5.41) is 15.7. The van der Waals surface area contributed by atoms with Crippen molar-refractivity contribution in [2.75, 3.05) is 0 Å². The molecule has 5 nitrogen and oxygen atoms in total. The van der Waals surface area contributed by atoms with Gasteiger partial charge in [0.1, 0.15) is 0 Å². The first-order valence-electron chi connectivity index (χ1n) is 4.81. The lowest BCUT2D eigenvalue weighted by atomic mass is 10.2. The third kappa shape index (κ3) is 2.22. The molecule has 0 aliphatic carbocycles. The van der Waals surface area contributed by atoms with Gasteiger partial charge in [-0.05, 0) is 28.8 Å². The summed E-state index contributed by atoms with van der Waals surface area (Å²) in [7, 11) is 0. The topological polar surface area (TPSA) is 76.4 Å². The van der Waals surface area contributed by atoms with Gasteiger partial charge in [0.15, 0.2) is 5.82 Å². The number of nitrogens with zero attached hydrogens (tertiary/aromatic N) is 3. The second kappa shape index (κ2) is 4.80. The van der Waals surface area contributed by atoms with Crippen molar-refractivity contribution >= 4 is 17.2 Å². The van der Waals surface area contributed by atoms with Gasteiger partial charge in [-0.3, -0.25) is 0 Å². The first-order chi connectivity index (χ1) is 7.81. The van der Waals surface area contributed by atoms with Gasteiger partial charge < -0.3 is 15.5 Å². The fraction of sp³-hybridized carbons (Fsp3) is 0.200. The molecule has 3 N–H and O–H groups in total. The highest BCUT2D eigenvalue weighted by atomic mass is 32.1. The van der Waals surface area contributed by atoms with Gasteiger partial charge in [0.05, 0.1) is 0 Å². The van der Waals surface area contributed by atoms with Crippen LogP contribution in [-0.2, 0) is 13.0 Å². The minimum Gasteiger partial charge on any atom is -0.409 e. The Balaban J connectivity index is 2.07. The molecule has 0 fully saturated rings. The average molecular weight is 236 g/mol. The zero-order valence-corrected chi connectivity index (χ0v) is 9.39. The monoisotopic (exact) mass is 236 g/mol. The Morgan fingerprint density at radius 3 is 3.19 bits per heavy atom. The van der Waals surface area contributed by atoms with E-state index in [0.717, 1.165) is 13.0 Å². The number of aromatic nitrogens is 2. The number of aryl methyl sites for hydroxylation is 2. The fourth-order valence-corrected chi connectivity index (χ4v) is 2.16. The van der Waals surface area contributed by atoms with Crippen LogP contribution in [0.15, 0.2) is 34.4 Å². The molecular formula is C10H12N4OS. The Bertz CT molecular complexity index is 475. The molecule has 0 aliphatic rings. The maximum atomic E-state index is 8.59. The van der Waals surface area contributed by atoms with E-state index in [1.165, 1.54) is 5.56 Å². The molecule has 0 saturated carbocycles. The molecule has 0 saturated heterocycles. The Labute approximate surface area is 96.8 Å². The lowest BCUT2D eigenvalue weighted by Gasteiger charge is -2.05. The molecule has 2 rings (SSSR count). The fourth-order valence-electron chi connectivity index (χ4n) is 1.45. The molecule has 0 bridgehead atoms. The third-order valence-corrected chi connectivity index (χ3v) is 3.01. The van der Waals surface area contributed by atoms with Crippen molar-refractivity contribution in [2.24, 2.45) is 10.9 Å². The molecule has 6 heteroatoms. The Morgan fingerprint density at radius 2 is 2.50 bits per heavy atom. The van der Waals surface area contributed by atoms with Crippen molar-refractivity contribution in [3.8, 4) is 0 Å². The van der Waals surface area contributed by atoms with Gasteiger partial charge >= 0.3 is 0 Å². The molecule has 0 aliphatic heterocycles. The molecule has 2 aromatic heterocycles. The zero-order valence-electron chi connectivity index (χ0n) is 8.58. The Hall–Kier alpha value is -1.82. The van der Waals surface area contributed by atoms with Crippen LogP contribution in [0.3, 0.4) is 0 Å². The van der Waals surface area contributed by atoms with E-state index in [4.69, 9.17) is 10.9 Å². The van der Waals surface area contributed by atoms with Crippen molar-refractivity contribution < 1.29 is 5.21 Å². The van der Waals surface area contributed by atoms with Crippen molar-refractivity contribution in [3.63, 3.8) is 0 Å². The number of hydrogen-bond acceptors (Lipinski definition) is 4. The van der Waals surface area contributed by atoms with Crippen molar-refractivity contribution in [3.05, 3.63) is 40.6 Å². The largest absolute Gasteiger partial charge is 0.409 e. The molecular weight excluding hydrogens is 224 g/mol. The number of oxime groups is 1. The quantitative estimate of drug-likeness (QED) is 0.363. The van der Waals surface area contributed by atoms with Crippen LogP contribution in [0.5, 0.6) is 0 Å². The minimum atomic E-state index is 0.0373. The first kappa shape index (κ1) is 10.7. The molecule has 0 radical (unpaired) electrons. The van der Waals surface area contributed by atoms with Gasteiger partial charge in [-0.1, -0.05) is 5.16 Å². The van der Waals surface area contributed by atoms with Crippen LogP contribution >= 0.6 is 11.3 Å². The van der Waals surface area contributed by atoms with E-state index in [1.54, 1.807) is 17.5 Å². The molecule has 2 aromatic rings. The zero-order chi connectivity index (χ0) is 11.4. The molecule has 16 heavy (non-hydrogen) atoms. The van der Waals surface area contributed by atoms with E-state index >= 15 is 0 Å². The summed E-state index contributed by atoms with van der Waals surface area (Å²) < 4.78 is 1.87. The van der Waals surface area contributed by atoms with Gasteiger partial charge in [0, 0.05) is 18.9 Å². The average Bonchev–Trinajstić information content (AvgIpc) is 2.96. The number of rotatable bonds is 4. The van der Waals surface area contributed by atoms with E-state index in [-0.39, 0.29) is 5.84 Å². The van der Waals surface area contributed by atoms with E-state index in [0.29, 0.717) is 5.82 Å². The molecule has 0 spiro atoms. The minimum absolute atomic E-state index is 0.0373. The van der Waals surface area contributed by atoms with Crippen molar-refractivity contribution in [2.45, 2.75) is 13.0 Å². The van der Waals surface area contributed by atoms with E-state index in [2.05, 4.69) is 21.6 Å². The highest BCUT2D eigenvalue weighted by Crippen LogP contribution is 2.08. The Kier molecular flexibility index (Phi) is 3.21. The maximum absolute atomic E-state index is 8.59. The van der Waals surface area contributed by atoms with Gasteiger partial charge in [-0.15, -0.1) is 0 Å². The highest BCUT2D eigenvalue weighted by Gasteiger charge is 2.07. The number of amidine groups is 1. The molecule has 2 heterocycles. The van der Waals surface area contributed by atoms with Crippen LogP contribution in [0.1, 0.15) is 11.4 Å². The van der Waals surface area contributed by atoms with Crippen LogP contribution in [-0.4, -0.2) is 20.6 Å². The van der Waals surface area contributed by atoms with Crippen molar-refractivity contribution in [1.82, 2.24) is 9.55 Å². The second-order valence-electron chi connectivity index (χ2n) is 3.31. The lowest BCUT2D eigenvalue weighted by Crippen LogP contribution is -2.20. The number of nitrogens with two attached hydrogens (primary N) is 1. The van der Waals surface area contributed by atoms with Gasteiger partial charge in [0.2, 0.25) is 5.84 Å². The SMILES string of the molecule is NC(=NO)c1nccn1CCc1ccsc1. The van der Waals surface area contributed by atoms with Crippen LogP contribution in [0, 0.1) is 0 Å². The van der Waals surface area contributed by atoms with Crippen LogP contribution < -0.4 is 5.73 Å². The predicted octanol–water partition coefficient (Wildman–Crippen LogP) is 1.28. The van der Waals surface area contributed by atoms with Gasteiger partial charge in [-0.2, -0.15) is 11.3 Å². The number of imidazole rings is 1. The number of hydrogen-bond donors (Lipinski definition) is 2. The maximum Gasteiger partial charge on any atom is 0.206 e. The summed E-state index contributed by atoms with van der Waals surface area (Å²) in [5.41, 5.74) is 6.79. The van der Waals surface area contributed by atoms with Gasteiger partial charge in [0.25, 0.3) is 0 Å². The predicted molar refractivity (Wildman–Crippen MR) is 62.8 cm³/mol. The highest BCUT2D eigenvalue weighted by molar-refractivity contribution is 7.07. The molecule has 0 aromatic carbocycles. The normalized spacial score (nSPS) is 11.9. The second-order valence-corrected chi connectivity index (χ2v) is 4.09. The standard InChI is InChI=1S/C10H12N4OS/c11-9(13-15)10-12-3-5-14(10)4-1-8-2-6-16-7-8/h2-3,5-7,15H,1,4H2,(H2,11,13). The summed E-state index contributed by atoms with van der Waals surface area (Å²) in [6.07, 6.45) is 4.37.